The number of nitrogens with zero attached hydrogens (tertiary/aromatic N) is 7. The van der Waals surface area contributed by atoms with E-state index in [9.17, 15) is 18.0 Å². The van der Waals surface area contributed by atoms with Gasteiger partial charge in [0.1, 0.15) is 23.6 Å². The average Bonchev–Trinajstić information content (AvgIpc) is 3.76. The first kappa shape index (κ1) is 30.0. The van der Waals surface area contributed by atoms with E-state index in [2.05, 4.69) is 26.9 Å². The Labute approximate surface area is 245 Å². The van der Waals surface area contributed by atoms with Gasteiger partial charge < -0.3 is 4.57 Å². The minimum absolute atomic E-state index is 0.0131. The number of hydrogen-bond acceptors (Lipinski definition) is 6. The summed E-state index contributed by atoms with van der Waals surface area (Å²) in [5, 5.41) is 0.625. The number of hydrogen-bond donors (Lipinski definition) is 0. The lowest BCUT2D eigenvalue weighted by molar-refractivity contribution is -0.140. The number of aromatic nitrogens is 7. The summed E-state index contributed by atoms with van der Waals surface area (Å²) in [4.78, 5) is 35.0. The van der Waals surface area contributed by atoms with E-state index in [-0.39, 0.29) is 23.5 Å². The van der Waals surface area contributed by atoms with Crippen molar-refractivity contribution in [2.75, 3.05) is 0 Å². The predicted molar refractivity (Wildman–Crippen MR) is 155 cm³/mol. The van der Waals surface area contributed by atoms with Crippen LogP contribution in [0.3, 0.4) is 0 Å². The van der Waals surface area contributed by atoms with Crippen molar-refractivity contribution in [3.05, 3.63) is 87.9 Å². The van der Waals surface area contributed by atoms with E-state index in [1.165, 1.54) is 29.8 Å². The molecule has 5 aromatic rings. The quantitative estimate of drug-likeness (QED) is 0.195. The highest BCUT2D eigenvalue weighted by Crippen LogP contribution is 2.43. The highest BCUT2D eigenvalue weighted by molar-refractivity contribution is 5.77. The molecule has 4 heterocycles. The van der Waals surface area contributed by atoms with Gasteiger partial charge in [-0.1, -0.05) is 33.3 Å². The van der Waals surface area contributed by atoms with Crippen molar-refractivity contribution in [1.82, 2.24) is 34.1 Å². The molecule has 0 atom stereocenters. The normalized spacial score (nSPS) is 13.2. The van der Waals surface area contributed by atoms with Gasteiger partial charge in [0, 0.05) is 36.8 Å². The molecule has 0 saturated heterocycles. The maximum Gasteiger partial charge on any atom is 0.434 e. The fraction of sp³-hybridized carbons (Fsp3) is 0.355. The van der Waals surface area contributed by atoms with Crippen LogP contribution in [0, 0.1) is 5.82 Å². The van der Waals surface area contributed by atoms with Gasteiger partial charge >= 0.3 is 6.18 Å². The van der Waals surface area contributed by atoms with Crippen molar-refractivity contribution in [3.8, 4) is 22.8 Å². The van der Waals surface area contributed by atoms with Crippen LogP contribution in [0.2, 0.25) is 0 Å². The second-order valence-electron chi connectivity index (χ2n) is 10.2. The molecule has 1 aromatic carbocycles. The third-order valence-corrected chi connectivity index (χ3v) is 7.13. The third kappa shape index (κ3) is 6.04. The molecule has 1 aliphatic rings. The van der Waals surface area contributed by atoms with E-state index in [0.717, 1.165) is 53.4 Å². The van der Waals surface area contributed by atoms with Crippen LogP contribution in [-0.4, -0.2) is 34.1 Å². The summed E-state index contributed by atoms with van der Waals surface area (Å²) < 4.78 is 57.1. The summed E-state index contributed by atoms with van der Waals surface area (Å²) in [5.41, 5.74) is 1.84. The summed E-state index contributed by atoms with van der Waals surface area (Å²) in [5.74, 6) is -0.151. The predicted octanol–water partition coefficient (Wildman–Crippen LogP) is 6.71. The molecule has 1 saturated carbocycles. The van der Waals surface area contributed by atoms with Gasteiger partial charge in [-0.05, 0) is 43.0 Å². The summed E-state index contributed by atoms with van der Waals surface area (Å²) in [6.07, 6.45) is 3.06. The lowest BCUT2D eigenvalue weighted by Gasteiger charge is -2.14. The van der Waals surface area contributed by atoms with Gasteiger partial charge in [0.15, 0.2) is 11.5 Å². The summed E-state index contributed by atoms with van der Waals surface area (Å²) in [6.45, 7) is 6.05. The molecule has 4 aromatic heterocycles. The van der Waals surface area contributed by atoms with E-state index in [4.69, 9.17) is 4.98 Å². The van der Waals surface area contributed by atoms with Crippen molar-refractivity contribution in [2.45, 2.75) is 65.1 Å². The van der Waals surface area contributed by atoms with Crippen LogP contribution in [0.4, 0.5) is 17.6 Å². The van der Waals surface area contributed by atoms with Gasteiger partial charge in [-0.2, -0.15) is 13.2 Å². The number of benzene rings is 1. The van der Waals surface area contributed by atoms with E-state index >= 15 is 4.39 Å². The Bertz CT molecular complexity index is 1840. The third-order valence-electron chi connectivity index (χ3n) is 7.13. The first-order chi connectivity index (χ1) is 20.6. The van der Waals surface area contributed by atoms with Gasteiger partial charge in [-0.15, -0.1) is 0 Å². The molecule has 0 amide bonds. The molecule has 0 N–H and O–H groups in total. The number of alkyl halides is 3. The fourth-order valence-corrected chi connectivity index (χ4v) is 4.99. The standard InChI is InChI=1S/C29H25F4N7O.C2H6/c1-3-4-21-24(25(17-6-7-17)36-15-35-21)26-34-12-18-8-10-23(41)40(27(18)38-26)13-16-5-9-19(20(30)11-16)28-37-22(14-39(28)2)29(31,32)33;1-2/h5,8-12,14-15,17H,3-4,6-7,13H2,1-2H3;1-2H3. The topological polar surface area (TPSA) is 91.4 Å². The Morgan fingerprint density at radius 1 is 1.02 bits per heavy atom. The highest BCUT2D eigenvalue weighted by Gasteiger charge is 2.35. The van der Waals surface area contributed by atoms with Crippen LogP contribution in [0.25, 0.3) is 33.8 Å². The Balaban J connectivity index is 0.00000180. The maximum absolute atomic E-state index is 15.2. The summed E-state index contributed by atoms with van der Waals surface area (Å²) in [7, 11) is 1.37. The first-order valence-corrected chi connectivity index (χ1v) is 14.2. The Morgan fingerprint density at radius 3 is 2.44 bits per heavy atom. The van der Waals surface area contributed by atoms with Crippen molar-refractivity contribution in [3.63, 3.8) is 0 Å². The van der Waals surface area contributed by atoms with Crippen LogP contribution in [0.5, 0.6) is 0 Å². The zero-order valence-electron chi connectivity index (χ0n) is 24.3. The second-order valence-corrected chi connectivity index (χ2v) is 10.2. The Kier molecular flexibility index (Phi) is 8.38. The zero-order chi connectivity index (χ0) is 30.9. The van der Waals surface area contributed by atoms with Crippen LogP contribution >= 0.6 is 0 Å². The molecular weight excluding hydrogens is 562 g/mol. The van der Waals surface area contributed by atoms with Gasteiger partial charge in [0.2, 0.25) is 0 Å². The largest absolute Gasteiger partial charge is 0.434 e. The molecule has 224 valence electrons. The number of fused-ring (bicyclic) bond motifs is 1. The number of pyridine rings is 1. The molecule has 1 aliphatic carbocycles. The van der Waals surface area contributed by atoms with E-state index in [1.54, 1.807) is 24.7 Å². The molecule has 43 heavy (non-hydrogen) atoms. The van der Waals surface area contributed by atoms with Gasteiger partial charge in [0.05, 0.1) is 29.1 Å². The molecule has 0 spiro atoms. The lowest BCUT2D eigenvalue weighted by Crippen LogP contribution is -2.21. The molecule has 6 rings (SSSR count). The fourth-order valence-electron chi connectivity index (χ4n) is 4.99. The van der Waals surface area contributed by atoms with Gasteiger partial charge in [0.25, 0.3) is 5.56 Å². The first-order valence-electron chi connectivity index (χ1n) is 14.2. The van der Waals surface area contributed by atoms with Crippen LogP contribution in [-0.2, 0) is 26.2 Å². The summed E-state index contributed by atoms with van der Waals surface area (Å²) in [6, 6.07) is 7.15. The number of imidazole rings is 1. The van der Waals surface area contributed by atoms with Crippen LogP contribution < -0.4 is 5.56 Å². The molecule has 12 heteroatoms. The molecule has 0 bridgehead atoms. The SMILES string of the molecule is CC.CCCc1ncnc(C2CC2)c1-c1ncc2ccc(=O)n(Cc3ccc(-c4nc(C(F)(F)F)cn4C)c(F)c3)c2n1. The molecule has 0 radical (unpaired) electrons. The maximum atomic E-state index is 15.2. The zero-order valence-corrected chi connectivity index (χ0v) is 24.3. The minimum atomic E-state index is -4.65. The van der Waals surface area contributed by atoms with Crippen LogP contribution in [0.1, 0.15) is 68.6 Å². The van der Waals surface area contributed by atoms with Crippen molar-refractivity contribution in [2.24, 2.45) is 7.05 Å². The van der Waals surface area contributed by atoms with E-state index in [1.807, 2.05) is 13.8 Å². The van der Waals surface area contributed by atoms with E-state index in [0.29, 0.717) is 28.3 Å². The average molecular weight is 594 g/mol. The van der Waals surface area contributed by atoms with Crippen molar-refractivity contribution in [1.29, 1.82) is 0 Å². The second kappa shape index (κ2) is 12.0. The van der Waals surface area contributed by atoms with Crippen molar-refractivity contribution >= 4 is 11.0 Å². The lowest BCUT2D eigenvalue weighted by atomic mass is 10.0. The molecule has 0 aliphatic heterocycles. The molecule has 0 unspecified atom stereocenters. The van der Waals surface area contributed by atoms with Gasteiger partial charge in [-0.3, -0.25) is 9.36 Å². The molecule has 8 nitrogen and oxygen atoms in total. The molecular formula is C31H31F4N7O. The molecule has 1 fully saturated rings. The highest BCUT2D eigenvalue weighted by atomic mass is 19.4. The van der Waals surface area contributed by atoms with E-state index < -0.39 is 17.7 Å². The van der Waals surface area contributed by atoms with Crippen molar-refractivity contribution < 1.29 is 17.6 Å². The smallest absolute Gasteiger partial charge is 0.333 e. The Hall–Kier alpha value is -4.48. The number of aryl methyl sites for hydroxylation is 2. The minimum Gasteiger partial charge on any atom is -0.333 e. The summed E-state index contributed by atoms with van der Waals surface area (Å²) >= 11 is 0. The Morgan fingerprint density at radius 2 is 1.79 bits per heavy atom. The van der Waals surface area contributed by atoms with Crippen LogP contribution in [0.15, 0.2) is 53.8 Å². The number of halogens is 4. The monoisotopic (exact) mass is 593 g/mol. The van der Waals surface area contributed by atoms with Gasteiger partial charge in [-0.25, -0.2) is 29.3 Å². The number of rotatable bonds is 7.